The van der Waals surface area contributed by atoms with E-state index in [-0.39, 0.29) is 0 Å². The summed E-state index contributed by atoms with van der Waals surface area (Å²) < 4.78 is 11.0. The smallest absolute Gasteiger partial charge is 0.191 e. The lowest BCUT2D eigenvalue weighted by Crippen LogP contribution is -2.43. The lowest BCUT2D eigenvalue weighted by molar-refractivity contribution is 0.114. The highest BCUT2D eigenvalue weighted by Gasteiger charge is 2.24. The van der Waals surface area contributed by atoms with Crippen molar-refractivity contribution >= 4 is 5.96 Å². The van der Waals surface area contributed by atoms with Gasteiger partial charge in [0.05, 0.1) is 19.8 Å². The van der Waals surface area contributed by atoms with Gasteiger partial charge < -0.3 is 20.1 Å². The number of hydrogen-bond donors (Lipinski definition) is 2. The summed E-state index contributed by atoms with van der Waals surface area (Å²) in [5, 5.41) is 6.82. The molecule has 0 aromatic heterocycles. The molecule has 6 nitrogen and oxygen atoms in total. The third kappa shape index (κ3) is 7.39. The van der Waals surface area contributed by atoms with Gasteiger partial charge in [-0.05, 0) is 49.5 Å². The topological polar surface area (TPSA) is 58.1 Å². The first-order chi connectivity index (χ1) is 13.1. The summed E-state index contributed by atoms with van der Waals surface area (Å²) in [4.78, 5) is 6.88. The molecule has 1 aliphatic rings. The van der Waals surface area contributed by atoms with Crippen molar-refractivity contribution in [3.8, 4) is 5.75 Å². The zero-order valence-electron chi connectivity index (χ0n) is 17.3. The Morgan fingerprint density at radius 1 is 1.22 bits per heavy atom. The van der Waals surface area contributed by atoms with Crippen molar-refractivity contribution in [2.45, 2.75) is 32.7 Å². The van der Waals surface area contributed by atoms with Gasteiger partial charge in [-0.2, -0.15) is 0 Å². The van der Waals surface area contributed by atoms with E-state index >= 15 is 0 Å². The van der Waals surface area contributed by atoms with Crippen molar-refractivity contribution in [2.75, 3.05) is 53.6 Å². The maximum Gasteiger partial charge on any atom is 0.191 e. The Morgan fingerprint density at radius 2 is 2.00 bits per heavy atom. The van der Waals surface area contributed by atoms with Crippen LogP contribution in [0, 0.1) is 5.92 Å². The first-order valence-electron chi connectivity index (χ1n) is 10.0. The molecule has 0 radical (unpaired) electrons. The molecule has 0 bridgehead atoms. The summed E-state index contributed by atoms with van der Waals surface area (Å²) in [6.07, 6.45) is 2.53. The maximum absolute atomic E-state index is 5.62. The minimum Gasteiger partial charge on any atom is -0.497 e. The number of likely N-dealkylation sites (tertiary alicyclic amines) is 1. The van der Waals surface area contributed by atoms with Gasteiger partial charge in [0, 0.05) is 26.7 Å². The van der Waals surface area contributed by atoms with Crippen LogP contribution in [0.4, 0.5) is 0 Å². The van der Waals surface area contributed by atoms with Crippen molar-refractivity contribution < 1.29 is 9.47 Å². The minimum atomic E-state index is 0.304. The number of benzene rings is 1. The third-order valence-electron chi connectivity index (χ3n) is 4.74. The predicted molar refractivity (Wildman–Crippen MR) is 112 cm³/mol. The summed E-state index contributed by atoms with van der Waals surface area (Å²) >= 11 is 0. The fraction of sp³-hybridized carbons (Fsp3) is 0.667. The normalized spacial score (nSPS) is 16.6. The quantitative estimate of drug-likeness (QED) is 0.374. The van der Waals surface area contributed by atoms with Crippen molar-refractivity contribution in [1.82, 2.24) is 15.5 Å². The number of aliphatic imine (C=N–C) groups is 1. The highest BCUT2D eigenvalue weighted by molar-refractivity contribution is 5.79. The molecule has 0 spiro atoms. The van der Waals surface area contributed by atoms with Gasteiger partial charge in [0.15, 0.2) is 5.96 Å². The van der Waals surface area contributed by atoms with Crippen LogP contribution < -0.4 is 15.4 Å². The molecule has 1 aliphatic heterocycles. The SMILES string of the molecule is CN=C(NCCOCC(C)C)NCC(c1cccc(OC)c1)N1CCCC1. The lowest BCUT2D eigenvalue weighted by Gasteiger charge is -2.29. The first kappa shape index (κ1) is 21.5. The van der Waals surface area contributed by atoms with Crippen LogP contribution in [0.5, 0.6) is 5.75 Å². The Labute approximate surface area is 164 Å². The standard InChI is InChI=1S/C21H36N4O2/c1-17(2)16-27-13-10-23-21(22-3)24-15-20(25-11-5-6-12-25)18-8-7-9-19(14-18)26-4/h7-9,14,17,20H,5-6,10-13,15-16H2,1-4H3,(H2,22,23,24). The molecule has 2 rings (SSSR count). The summed E-state index contributed by atoms with van der Waals surface area (Å²) in [7, 11) is 3.52. The van der Waals surface area contributed by atoms with Crippen LogP contribution in [0.3, 0.4) is 0 Å². The van der Waals surface area contributed by atoms with Gasteiger partial charge in [-0.25, -0.2) is 0 Å². The Balaban J connectivity index is 1.90. The molecule has 27 heavy (non-hydrogen) atoms. The fourth-order valence-electron chi connectivity index (χ4n) is 3.33. The largest absolute Gasteiger partial charge is 0.497 e. The van der Waals surface area contributed by atoms with Crippen LogP contribution >= 0.6 is 0 Å². The van der Waals surface area contributed by atoms with E-state index in [0.29, 0.717) is 18.6 Å². The second-order valence-electron chi connectivity index (χ2n) is 7.38. The van der Waals surface area contributed by atoms with Gasteiger partial charge in [-0.3, -0.25) is 9.89 Å². The number of hydrogen-bond acceptors (Lipinski definition) is 4. The van der Waals surface area contributed by atoms with E-state index in [2.05, 4.69) is 52.6 Å². The molecular formula is C21H36N4O2. The van der Waals surface area contributed by atoms with Crippen LogP contribution in [0.1, 0.15) is 38.3 Å². The maximum atomic E-state index is 5.62. The number of guanidine groups is 1. The lowest BCUT2D eigenvalue weighted by atomic mass is 10.1. The third-order valence-corrected chi connectivity index (χ3v) is 4.74. The average molecular weight is 377 g/mol. The summed E-state index contributed by atoms with van der Waals surface area (Å²) in [5.74, 6) is 2.28. The predicted octanol–water partition coefficient (Wildman–Crippen LogP) is 2.67. The molecule has 1 aromatic rings. The highest BCUT2D eigenvalue weighted by Crippen LogP contribution is 2.27. The Kier molecular flexibility index (Phi) is 9.42. The first-order valence-corrected chi connectivity index (χ1v) is 10.0. The average Bonchev–Trinajstić information content (AvgIpc) is 3.20. The van der Waals surface area contributed by atoms with Crippen LogP contribution in [0.2, 0.25) is 0 Å². The van der Waals surface area contributed by atoms with Crippen LogP contribution in [0.25, 0.3) is 0 Å². The molecule has 1 heterocycles. The van der Waals surface area contributed by atoms with E-state index in [4.69, 9.17) is 9.47 Å². The molecular weight excluding hydrogens is 340 g/mol. The van der Waals surface area contributed by atoms with E-state index in [1.54, 1.807) is 14.2 Å². The molecule has 1 fully saturated rings. The van der Waals surface area contributed by atoms with Gasteiger partial charge >= 0.3 is 0 Å². The van der Waals surface area contributed by atoms with Gasteiger partial charge in [-0.15, -0.1) is 0 Å². The van der Waals surface area contributed by atoms with Crippen LogP contribution in [-0.4, -0.2) is 64.4 Å². The monoisotopic (exact) mass is 376 g/mol. The van der Waals surface area contributed by atoms with E-state index in [1.807, 2.05) is 6.07 Å². The zero-order valence-corrected chi connectivity index (χ0v) is 17.3. The molecule has 0 saturated carbocycles. The summed E-state index contributed by atoms with van der Waals surface area (Å²) in [6.45, 7) is 9.62. The van der Waals surface area contributed by atoms with Crippen molar-refractivity contribution in [2.24, 2.45) is 10.9 Å². The highest BCUT2D eigenvalue weighted by atomic mass is 16.5. The van der Waals surface area contributed by atoms with E-state index in [1.165, 1.54) is 18.4 Å². The molecule has 1 saturated heterocycles. The molecule has 1 atom stereocenters. The van der Waals surface area contributed by atoms with Crippen LogP contribution in [-0.2, 0) is 4.74 Å². The number of ether oxygens (including phenoxy) is 2. The zero-order chi connectivity index (χ0) is 19.5. The van der Waals surface area contributed by atoms with Crippen LogP contribution in [0.15, 0.2) is 29.3 Å². The fourth-order valence-corrected chi connectivity index (χ4v) is 3.33. The second kappa shape index (κ2) is 11.8. The molecule has 1 aromatic carbocycles. The Morgan fingerprint density at radius 3 is 2.67 bits per heavy atom. The van der Waals surface area contributed by atoms with Gasteiger partial charge in [0.2, 0.25) is 0 Å². The number of rotatable bonds is 10. The number of methoxy groups -OCH3 is 1. The summed E-state index contributed by atoms with van der Waals surface area (Å²) in [6, 6.07) is 8.69. The van der Waals surface area contributed by atoms with Gasteiger partial charge in [0.25, 0.3) is 0 Å². The molecule has 152 valence electrons. The number of nitrogens with one attached hydrogen (secondary N) is 2. The van der Waals surface area contributed by atoms with Crippen molar-refractivity contribution in [3.63, 3.8) is 0 Å². The van der Waals surface area contributed by atoms with Crippen molar-refractivity contribution in [1.29, 1.82) is 0 Å². The second-order valence-corrected chi connectivity index (χ2v) is 7.38. The van der Waals surface area contributed by atoms with E-state index in [0.717, 1.165) is 44.5 Å². The molecule has 1 unspecified atom stereocenters. The summed E-state index contributed by atoms with van der Waals surface area (Å²) in [5.41, 5.74) is 1.28. The van der Waals surface area contributed by atoms with Gasteiger partial charge in [-0.1, -0.05) is 26.0 Å². The minimum absolute atomic E-state index is 0.304. The van der Waals surface area contributed by atoms with Gasteiger partial charge in [0.1, 0.15) is 5.75 Å². The Hall–Kier alpha value is -1.79. The molecule has 0 amide bonds. The van der Waals surface area contributed by atoms with E-state index < -0.39 is 0 Å². The van der Waals surface area contributed by atoms with Crippen molar-refractivity contribution in [3.05, 3.63) is 29.8 Å². The molecule has 0 aliphatic carbocycles. The Bertz CT molecular complexity index is 571. The number of nitrogens with zero attached hydrogens (tertiary/aromatic N) is 2. The van der Waals surface area contributed by atoms with E-state index in [9.17, 15) is 0 Å². The molecule has 6 heteroatoms. The molecule has 2 N–H and O–H groups in total.